The van der Waals surface area contributed by atoms with Crippen molar-refractivity contribution in [2.75, 3.05) is 26.2 Å². The van der Waals surface area contributed by atoms with Crippen LogP contribution in [0.5, 0.6) is 0 Å². The molecule has 1 amide bonds. The lowest BCUT2D eigenvalue weighted by Crippen LogP contribution is -2.45. The minimum atomic E-state index is -0.196. The lowest BCUT2D eigenvalue weighted by Gasteiger charge is -2.31. The summed E-state index contributed by atoms with van der Waals surface area (Å²) in [5.41, 5.74) is 0. The minimum Gasteiger partial charge on any atom is -0.325 e. The number of piperidine rings is 1. The third-order valence-electron chi connectivity index (χ3n) is 5.00. The maximum absolute atomic E-state index is 12.5. The Bertz CT molecular complexity index is 409. The number of nitrogens with zero attached hydrogens (tertiary/aromatic N) is 3. The highest BCUT2D eigenvalue weighted by atomic mass is 35.5. The molecule has 3 aliphatic heterocycles. The van der Waals surface area contributed by atoms with E-state index in [2.05, 4.69) is 16.3 Å². The van der Waals surface area contributed by atoms with Crippen LogP contribution in [0.25, 0.3) is 0 Å². The van der Waals surface area contributed by atoms with Crippen molar-refractivity contribution in [3.8, 4) is 6.07 Å². The largest absolute Gasteiger partial charge is 0.325 e. The van der Waals surface area contributed by atoms with Crippen LogP contribution in [0, 0.1) is 11.3 Å². The fourth-order valence-corrected chi connectivity index (χ4v) is 3.83. The summed E-state index contributed by atoms with van der Waals surface area (Å²) >= 11 is 0. The lowest BCUT2D eigenvalue weighted by atomic mass is 10.1. The predicted molar refractivity (Wildman–Crippen MR) is 90.5 cm³/mol. The Morgan fingerprint density at radius 3 is 2.50 bits per heavy atom. The molecule has 7 heteroatoms. The quantitative estimate of drug-likeness (QED) is 0.822. The average molecular weight is 349 g/mol. The molecule has 3 heterocycles. The van der Waals surface area contributed by atoms with Gasteiger partial charge in [-0.2, -0.15) is 5.26 Å². The Morgan fingerprint density at radius 1 is 1.09 bits per heavy atom. The molecule has 3 unspecified atom stereocenters. The van der Waals surface area contributed by atoms with E-state index in [0.29, 0.717) is 6.04 Å². The zero-order valence-electron chi connectivity index (χ0n) is 12.9. The second kappa shape index (κ2) is 8.93. The fraction of sp³-hybridized carbons (Fsp3) is 0.867. The first-order chi connectivity index (χ1) is 9.79. The third kappa shape index (κ3) is 4.05. The van der Waals surface area contributed by atoms with E-state index in [9.17, 15) is 4.79 Å². The maximum atomic E-state index is 12.5. The van der Waals surface area contributed by atoms with Crippen molar-refractivity contribution in [1.82, 2.24) is 15.1 Å². The number of halogens is 2. The standard InChI is InChI=1S/C15H24N4O.2ClH/c16-10-12-5-4-8-19(12)15(20)14-9-13(11-17-14)18-6-2-1-3-7-18;;/h12-14,17H,1-9,11H2;2*1H. The number of hydrogen-bond acceptors (Lipinski definition) is 4. The van der Waals surface area contributed by atoms with Gasteiger partial charge in [0.2, 0.25) is 5.91 Å². The number of carbonyl (C=O) groups is 1. The van der Waals surface area contributed by atoms with Gasteiger partial charge in [0.05, 0.1) is 12.1 Å². The highest BCUT2D eigenvalue weighted by Gasteiger charge is 2.38. The number of likely N-dealkylation sites (tertiary alicyclic amines) is 2. The highest BCUT2D eigenvalue weighted by molar-refractivity contribution is 5.85. The van der Waals surface area contributed by atoms with Crippen molar-refractivity contribution in [1.29, 1.82) is 5.26 Å². The minimum absolute atomic E-state index is 0. The van der Waals surface area contributed by atoms with Gasteiger partial charge in [-0.15, -0.1) is 24.8 Å². The van der Waals surface area contributed by atoms with E-state index in [1.54, 1.807) is 4.90 Å². The first kappa shape index (κ1) is 19.5. The topological polar surface area (TPSA) is 59.4 Å². The van der Waals surface area contributed by atoms with Crippen LogP contribution < -0.4 is 5.32 Å². The molecule has 0 spiro atoms. The van der Waals surface area contributed by atoms with Gasteiger partial charge in [0.15, 0.2) is 0 Å². The van der Waals surface area contributed by atoms with Crippen molar-refractivity contribution in [2.24, 2.45) is 0 Å². The van der Waals surface area contributed by atoms with Gasteiger partial charge in [-0.25, -0.2) is 0 Å². The summed E-state index contributed by atoms with van der Waals surface area (Å²) in [6.07, 6.45) is 6.64. The molecule has 3 fully saturated rings. The predicted octanol–water partition coefficient (Wildman–Crippen LogP) is 1.56. The van der Waals surface area contributed by atoms with Crippen molar-refractivity contribution >= 4 is 30.7 Å². The van der Waals surface area contributed by atoms with Gasteiger partial charge in [0.1, 0.15) is 6.04 Å². The Morgan fingerprint density at radius 2 is 1.82 bits per heavy atom. The Kier molecular flexibility index (Phi) is 7.92. The molecule has 3 atom stereocenters. The molecule has 0 aliphatic carbocycles. The number of rotatable bonds is 2. The van der Waals surface area contributed by atoms with Gasteiger partial charge < -0.3 is 10.2 Å². The van der Waals surface area contributed by atoms with Gasteiger partial charge in [-0.1, -0.05) is 6.42 Å². The summed E-state index contributed by atoms with van der Waals surface area (Å²) in [6, 6.07) is 2.50. The van der Waals surface area contributed by atoms with Gasteiger partial charge >= 0.3 is 0 Å². The summed E-state index contributed by atoms with van der Waals surface area (Å²) in [4.78, 5) is 16.9. The molecule has 22 heavy (non-hydrogen) atoms. The van der Waals surface area contributed by atoms with Crippen LogP contribution in [-0.4, -0.2) is 60.0 Å². The summed E-state index contributed by atoms with van der Waals surface area (Å²) in [6.45, 7) is 4.03. The van der Waals surface area contributed by atoms with Gasteiger partial charge in [0, 0.05) is 19.1 Å². The van der Waals surface area contributed by atoms with Crippen LogP contribution in [-0.2, 0) is 4.79 Å². The number of nitriles is 1. The Hall–Kier alpha value is -0.540. The number of amides is 1. The van der Waals surface area contributed by atoms with Crippen LogP contribution >= 0.6 is 24.8 Å². The van der Waals surface area contributed by atoms with Crippen molar-refractivity contribution in [2.45, 2.75) is 56.7 Å². The normalized spacial score (nSPS) is 32.0. The summed E-state index contributed by atoms with van der Waals surface area (Å²) in [5, 5.41) is 12.5. The molecule has 3 saturated heterocycles. The Balaban J connectivity index is 0.00000121. The first-order valence-electron chi connectivity index (χ1n) is 7.97. The van der Waals surface area contributed by atoms with E-state index in [0.717, 1.165) is 32.4 Å². The zero-order valence-corrected chi connectivity index (χ0v) is 14.5. The van der Waals surface area contributed by atoms with E-state index in [-0.39, 0.29) is 42.8 Å². The highest BCUT2D eigenvalue weighted by Crippen LogP contribution is 2.23. The third-order valence-corrected chi connectivity index (χ3v) is 5.00. The number of carbonyl (C=O) groups excluding carboxylic acids is 1. The van der Waals surface area contributed by atoms with Crippen LogP contribution in [0.2, 0.25) is 0 Å². The van der Waals surface area contributed by atoms with Gasteiger partial charge in [-0.05, 0) is 45.2 Å². The number of nitrogens with one attached hydrogen (secondary N) is 1. The van der Waals surface area contributed by atoms with Crippen molar-refractivity contribution < 1.29 is 4.79 Å². The smallest absolute Gasteiger partial charge is 0.240 e. The van der Waals surface area contributed by atoms with Crippen LogP contribution in [0.3, 0.4) is 0 Å². The molecular formula is C15H26Cl2N4O. The summed E-state index contributed by atoms with van der Waals surface area (Å²) in [5.74, 6) is 0.147. The molecule has 0 aromatic carbocycles. The Labute approximate surface area is 145 Å². The second-order valence-electron chi connectivity index (χ2n) is 6.27. The molecule has 0 saturated carbocycles. The van der Waals surface area contributed by atoms with Crippen molar-refractivity contribution in [3.63, 3.8) is 0 Å². The molecular weight excluding hydrogens is 323 g/mol. The average Bonchev–Trinajstić information content (AvgIpc) is 3.16. The zero-order chi connectivity index (χ0) is 13.9. The van der Waals surface area contributed by atoms with E-state index in [1.165, 1.54) is 32.4 Å². The molecule has 3 aliphatic rings. The lowest BCUT2D eigenvalue weighted by molar-refractivity contribution is -0.133. The summed E-state index contributed by atoms with van der Waals surface area (Å²) in [7, 11) is 0. The van der Waals surface area contributed by atoms with E-state index >= 15 is 0 Å². The number of hydrogen-bond donors (Lipinski definition) is 1. The molecule has 1 N–H and O–H groups in total. The van der Waals surface area contributed by atoms with Gasteiger partial charge in [-0.3, -0.25) is 9.69 Å². The monoisotopic (exact) mass is 348 g/mol. The van der Waals surface area contributed by atoms with E-state index in [4.69, 9.17) is 5.26 Å². The van der Waals surface area contributed by atoms with Crippen molar-refractivity contribution in [3.05, 3.63) is 0 Å². The van der Waals surface area contributed by atoms with E-state index in [1.807, 2.05) is 0 Å². The van der Waals surface area contributed by atoms with Gasteiger partial charge in [0.25, 0.3) is 0 Å². The molecule has 5 nitrogen and oxygen atoms in total. The SMILES string of the molecule is Cl.Cl.N#CC1CCCN1C(=O)C1CC(N2CCCCC2)CN1. The molecule has 0 radical (unpaired) electrons. The molecule has 3 rings (SSSR count). The molecule has 0 bridgehead atoms. The second-order valence-corrected chi connectivity index (χ2v) is 6.27. The molecule has 0 aromatic heterocycles. The molecule has 0 aromatic rings. The van der Waals surface area contributed by atoms with E-state index < -0.39 is 0 Å². The van der Waals surface area contributed by atoms with Crippen LogP contribution in [0.4, 0.5) is 0 Å². The van der Waals surface area contributed by atoms with Crippen LogP contribution in [0.1, 0.15) is 38.5 Å². The molecule has 126 valence electrons. The first-order valence-corrected chi connectivity index (χ1v) is 7.97. The van der Waals surface area contributed by atoms with Crippen LogP contribution in [0.15, 0.2) is 0 Å². The fourth-order valence-electron chi connectivity index (χ4n) is 3.83. The summed E-state index contributed by atoms with van der Waals surface area (Å²) < 4.78 is 0. The maximum Gasteiger partial charge on any atom is 0.240 e.